The molecule has 98 valence electrons. The number of hydrogen-bond acceptors (Lipinski definition) is 3. The van der Waals surface area contributed by atoms with Crippen molar-refractivity contribution in [2.24, 2.45) is 0 Å². The van der Waals surface area contributed by atoms with Gasteiger partial charge >= 0.3 is 0 Å². The van der Waals surface area contributed by atoms with E-state index in [2.05, 4.69) is 22.5 Å². The molecule has 4 heteroatoms. The molecule has 0 bridgehead atoms. The summed E-state index contributed by atoms with van der Waals surface area (Å²) in [7, 11) is 0. The van der Waals surface area contributed by atoms with E-state index in [1.165, 1.54) is 19.3 Å². The molecule has 0 aliphatic heterocycles. The van der Waals surface area contributed by atoms with Crippen LogP contribution in [0.15, 0.2) is 18.3 Å². The third-order valence-electron chi connectivity index (χ3n) is 3.02. The van der Waals surface area contributed by atoms with Gasteiger partial charge in [0.25, 0.3) is 5.91 Å². The topological polar surface area (TPSA) is 54.0 Å². The van der Waals surface area contributed by atoms with Crippen molar-refractivity contribution in [3.63, 3.8) is 0 Å². The van der Waals surface area contributed by atoms with E-state index in [0.29, 0.717) is 11.6 Å². The number of amides is 1. The van der Waals surface area contributed by atoms with Gasteiger partial charge < -0.3 is 10.6 Å². The van der Waals surface area contributed by atoms with Crippen LogP contribution in [-0.4, -0.2) is 23.5 Å². The highest BCUT2D eigenvalue weighted by atomic mass is 16.1. The number of unbranched alkanes of at least 4 members (excludes halogenated alkanes) is 2. The Kier molecular flexibility index (Phi) is 4.56. The van der Waals surface area contributed by atoms with E-state index in [4.69, 9.17) is 0 Å². The smallest absolute Gasteiger partial charge is 0.252 e. The van der Waals surface area contributed by atoms with Gasteiger partial charge in [-0.3, -0.25) is 4.79 Å². The minimum atomic E-state index is -0.0309. The number of nitrogens with zero attached hydrogens (tertiary/aromatic N) is 1. The quantitative estimate of drug-likeness (QED) is 0.728. The first-order valence-electron chi connectivity index (χ1n) is 6.80. The maximum atomic E-state index is 11.8. The fourth-order valence-corrected chi connectivity index (χ4v) is 1.73. The first-order chi connectivity index (χ1) is 8.79. The summed E-state index contributed by atoms with van der Waals surface area (Å²) in [5.74, 6) is 0.830. The minimum absolute atomic E-state index is 0.0309. The molecule has 1 aromatic rings. The number of aromatic nitrogens is 1. The molecule has 18 heavy (non-hydrogen) atoms. The second kappa shape index (κ2) is 6.38. The fraction of sp³-hybridized carbons (Fsp3) is 0.571. The number of nitrogens with one attached hydrogen (secondary N) is 2. The van der Waals surface area contributed by atoms with E-state index in [1.54, 1.807) is 6.20 Å². The molecule has 1 amide bonds. The summed E-state index contributed by atoms with van der Waals surface area (Å²) in [6, 6.07) is 4.29. The van der Waals surface area contributed by atoms with Crippen LogP contribution in [0, 0.1) is 0 Å². The van der Waals surface area contributed by atoms with Gasteiger partial charge in [-0.15, -0.1) is 0 Å². The van der Waals surface area contributed by atoms with Crippen LogP contribution in [0.5, 0.6) is 0 Å². The molecule has 1 saturated carbocycles. The molecule has 0 saturated heterocycles. The Hall–Kier alpha value is -1.58. The first kappa shape index (κ1) is 12.9. The maximum Gasteiger partial charge on any atom is 0.252 e. The predicted octanol–water partition coefficient (Wildman–Crippen LogP) is 2.58. The summed E-state index contributed by atoms with van der Waals surface area (Å²) in [6.07, 6.45) is 7.45. The van der Waals surface area contributed by atoms with E-state index >= 15 is 0 Å². The van der Waals surface area contributed by atoms with E-state index in [9.17, 15) is 4.79 Å². The molecule has 1 aliphatic rings. The molecule has 1 fully saturated rings. The number of carbonyl (C=O) groups is 1. The molecule has 1 heterocycles. The van der Waals surface area contributed by atoms with Gasteiger partial charge in [-0.2, -0.15) is 0 Å². The van der Waals surface area contributed by atoms with Crippen molar-refractivity contribution in [2.45, 2.75) is 45.1 Å². The van der Waals surface area contributed by atoms with Crippen LogP contribution in [-0.2, 0) is 0 Å². The van der Waals surface area contributed by atoms with Gasteiger partial charge in [0.05, 0.1) is 5.56 Å². The van der Waals surface area contributed by atoms with Crippen molar-refractivity contribution in [1.82, 2.24) is 10.3 Å². The van der Waals surface area contributed by atoms with E-state index in [0.717, 1.165) is 25.2 Å². The number of carbonyl (C=O) groups excluding carboxylic acids is 1. The molecule has 1 aromatic heterocycles. The highest BCUT2D eigenvalue weighted by Gasteiger charge is 2.21. The third-order valence-corrected chi connectivity index (χ3v) is 3.02. The first-order valence-corrected chi connectivity index (χ1v) is 6.80. The van der Waals surface area contributed by atoms with Crippen LogP contribution >= 0.6 is 0 Å². The van der Waals surface area contributed by atoms with Crippen molar-refractivity contribution < 1.29 is 4.79 Å². The Balaban J connectivity index is 1.78. The normalized spacial score (nSPS) is 14.3. The third kappa shape index (κ3) is 4.02. The van der Waals surface area contributed by atoms with Gasteiger partial charge in [0.2, 0.25) is 0 Å². The summed E-state index contributed by atoms with van der Waals surface area (Å²) in [5, 5.41) is 6.21. The average molecular weight is 247 g/mol. The lowest BCUT2D eigenvalue weighted by Gasteiger charge is -2.06. The Bertz CT molecular complexity index is 385. The van der Waals surface area contributed by atoms with Crippen LogP contribution in [0.2, 0.25) is 0 Å². The Morgan fingerprint density at radius 1 is 1.39 bits per heavy atom. The molecular weight excluding hydrogens is 226 g/mol. The zero-order valence-corrected chi connectivity index (χ0v) is 10.9. The number of pyridine rings is 1. The van der Waals surface area contributed by atoms with Gasteiger partial charge in [-0.25, -0.2) is 4.98 Å². The lowest BCUT2D eigenvalue weighted by atomic mass is 10.2. The second-order valence-corrected chi connectivity index (χ2v) is 4.81. The van der Waals surface area contributed by atoms with Crippen molar-refractivity contribution >= 4 is 11.7 Å². The zero-order chi connectivity index (χ0) is 12.8. The van der Waals surface area contributed by atoms with E-state index in [-0.39, 0.29) is 5.91 Å². The zero-order valence-electron chi connectivity index (χ0n) is 10.9. The minimum Gasteiger partial charge on any atom is -0.367 e. The maximum absolute atomic E-state index is 11.8. The van der Waals surface area contributed by atoms with Crippen LogP contribution in [0.1, 0.15) is 49.4 Å². The van der Waals surface area contributed by atoms with Crippen LogP contribution in [0.25, 0.3) is 0 Å². The summed E-state index contributed by atoms with van der Waals surface area (Å²) in [6.45, 7) is 2.89. The average Bonchev–Trinajstić information content (AvgIpc) is 3.19. The summed E-state index contributed by atoms with van der Waals surface area (Å²) >= 11 is 0. The lowest BCUT2D eigenvalue weighted by molar-refractivity contribution is 0.0952. The van der Waals surface area contributed by atoms with Crippen LogP contribution < -0.4 is 10.6 Å². The number of rotatable bonds is 7. The monoisotopic (exact) mass is 247 g/mol. The molecule has 4 nitrogen and oxygen atoms in total. The van der Waals surface area contributed by atoms with Crippen molar-refractivity contribution in [2.75, 3.05) is 11.9 Å². The molecule has 0 atom stereocenters. The number of anilines is 1. The van der Waals surface area contributed by atoms with Crippen molar-refractivity contribution in [3.8, 4) is 0 Å². The summed E-state index contributed by atoms with van der Waals surface area (Å²) < 4.78 is 0. The van der Waals surface area contributed by atoms with E-state index < -0.39 is 0 Å². The SMILES string of the molecule is CCCCCNC(=O)c1ccc(NC2CC2)nc1. The van der Waals surface area contributed by atoms with Gasteiger partial charge in [-0.05, 0) is 31.4 Å². The highest BCUT2D eigenvalue weighted by Crippen LogP contribution is 2.23. The fourth-order valence-electron chi connectivity index (χ4n) is 1.73. The second-order valence-electron chi connectivity index (χ2n) is 4.81. The van der Waals surface area contributed by atoms with Gasteiger partial charge in [0.15, 0.2) is 0 Å². The van der Waals surface area contributed by atoms with E-state index in [1.807, 2.05) is 12.1 Å². The van der Waals surface area contributed by atoms with Crippen LogP contribution in [0.3, 0.4) is 0 Å². The molecule has 0 aromatic carbocycles. The Morgan fingerprint density at radius 3 is 2.83 bits per heavy atom. The summed E-state index contributed by atoms with van der Waals surface area (Å²) in [4.78, 5) is 16.0. The molecule has 2 N–H and O–H groups in total. The van der Waals surface area contributed by atoms with Gasteiger partial charge in [0.1, 0.15) is 5.82 Å². The Labute approximate surface area is 108 Å². The molecule has 0 unspecified atom stereocenters. The molecular formula is C14H21N3O. The van der Waals surface area contributed by atoms with Crippen LogP contribution in [0.4, 0.5) is 5.82 Å². The van der Waals surface area contributed by atoms with Gasteiger partial charge in [0, 0.05) is 18.8 Å². The Morgan fingerprint density at radius 2 is 2.22 bits per heavy atom. The largest absolute Gasteiger partial charge is 0.367 e. The molecule has 1 aliphatic carbocycles. The summed E-state index contributed by atoms with van der Waals surface area (Å²) in [5.41, 5.74) is 0.632. The molecule has 2 rings (SSSR count). The van der Waals surface area contributed by atoms with Gasteiger partial charge in [-0.1, -0.05) is 19.8 Å². The molecule has 0 radical (unpaired) electrons. The molecule has 0 spiro atoms. The number of hydrogen-bond donors (Lipinski definition) is 2. The lowest BCUT2D eigenvalue weighted by Crippen LogP contribution is -2.24. The standard InChI is InChI=1S/C14H21N3O/c1-2-3-4-9-15-14(18)11-5-8-13(16-10-11)17-12-6-7-12/h5,8,10,12H,2-4,6-7,9H2,1H3,(H,15,18)(H,16,17). The predicted molar refractivity (Wildman–Crippen MR) is 72.7 cm³/mol. The van der Waals surface area contributed by atoms with Crippen molar-refractivity contribution in [3.05, 3.63) is 23.9 Å². The van der Waals surface area contributed by atoms with Crippen molar-refractivity contribution in [1.29, 1.82) is 0 Å². The highest BCUT2D eigenvalue weighted by molar-refractivity contribution is 5.94.